The highest BCUT2D eigenvalue weighted by atomic mass is 16.2. The highest BCUT2D eigenvalue weighted by Crippen LogP contribution is 2.46. The molecule has 0 fully saturated rings. The molecule has 0 radical (unpaired) electrons. The lowest BCUT2D eigenvalue weighted by Crippen LogP contribution is -2.43. The van der Waals surface area contributed by atoms with Gasteiger partial charge in [0.15, 0.2) is 0 Å². The third-order valence-corrected chi connectivity index (χ3v) is 10.8. The molecule has 6 heteroatoms. The molecule has 5 aromatic rings. The molecule has 4 amide bonds. The first kappa shape index (κ1) is 30.3. The predicted molar refractivity (Wildman–Crippen MR) is 185 cm³/mol. The summed E-state index contributed by atoms with van der Waals surface area (Å²) >= 11 is 0. The Balaban J connectivity index is 1.38. The summed E-state index contributed by atoms with van der Waals surface area (Å²) < 4.78 is 0. The number of nitrogens with zero attached hydrogens (tertiary/aromatic N) is 2. The van der Waals surface area contributed by atoms with E-state index in [2.05, 4.69) is 27.7 Å². The van der Waals surface area contributed by atoms with Crippen molar-refractivity contribution < 1.29 is 19.2 Å². The number of carbonyl (C=O) groups excluding carboxylic acids is 4. The summed E-state index contributed by atoms with van der Waals surface area (Å²) in [5.41, 5.74) is 2.24. The number of unbranched alkanes of at least 4 members (excludes halogenated alkanes) is 2. The van der Waals surface area contributed by atoms with Gasteiger partial charge in [-0.15, -0.1) is 0 Å². The van der Waals surface area contributed by atoms with E-state index in [1.165, 1.54) is 9.80 Å². The first-order valence-corrected chi connectivity index (χ1v) is 17.3. The maximum Gasteiger partial charge on any atom is 0.261 e. The summed E-state index contributed by atoms with van der Waals surface area (Å²) in [4.78, 5) is 58.6. The van der Waals surface area contributed by atoms with E-state index in [1.807, 2.05) is 48.5 Å². The molecular weight excluding hydrogens is 572 g/mol. The van der Waals surface area contributed by atoms with Gasteiger partial charge in [0.25, 0.3) is 23.6 Å². The second kappa shape index (κ2) is 11.8. The van der Waals surface area contributed by atoms with Gasteiger partial charge in [0.1, 0.15) is 0 Å². The van der Waals surface area contributed by atoms with Crippen molar-refractivity contribution in [2.24, 2.45) is 11.8 Å². The highest BCUT2D eigenvalue weighted by Gasteiger charge is 2.37. The largest absolute Gasteiger partial charge is 0.274 e. The molecule has 6 nitrogen and oxygen atoms in total. The maximum absolute atomic E-state index is 13.9. The molecule has 0 aliphatic carbocycles. The zero-order chi connectivity index (χ0) is 32.3. The van der Waals surface area contributed by atoms with Crippen LogP contribution in [0.5, 0.6) is 0 Å². The fraction of sp³-hybridized carbons (Fsp3) is 0.400. The Bertz CT molecular complexity index is 1790. The Morgan fingerprint density at radius 2 is 0.761 bits per heavy atom. The lowest BCUT2D eigenvalue weighted by atomic mass is 9.82. The van der Waals surface area contributed by atoms with Crippen LogP contribution in [0.4, 0.5) is 0 Å². The first-order chi connectivity index (χ1) is 22.3. The van der Waals surface area contributed by atoms with Gasteiger partial charge in [-0.25, -0.2) is 0 Å². The third kappa shape index (κ3) is 4.44. The van der Waals surface area contributed by atoms with E-state index in [4.69, 9.17) is 0 Å². The van der Waals surface area contributed by atoms with Gasteiger partial charge in [0, 0.05) is 46.1 Å². The number of hydrogen-bond acceptors (Lipinski definition) is 4. The number of benzene rings is 5. The van der Waals surface area contributed by atoms with Gasteiger partial charge < -0.3 is 0 Å². The molecule has 2 unspecified atom stereocenters. The van der Waals surface area contributed by atoms with Crippen LogP contribution >= 0.6 is 0 Å². The molecule has 2 aliphatic heterocycles. The Kier molecular flexibility index (Phi) is 7.78. The number of amides is 4. The third-order valence-electron chi connectivity index (χ3n) is 10.8. The molecule has 2 atom stereocenters. The normalized spacial score (nSPS) is 16.2. The fourth-order valence-corrected chi connectivity index (χ4v) is 8.05. The van der Waals surface area contributed by atoms with Crippen molar-refractivity contribution in [3.05, 3.63) is 70.8 Å². The number of imide groups is 2. The van der Waals surface area contributed by atoms with Crippen LogP contribution in [0.25, 0.3) is 43.1 Å². The van der Waals surface area contributed by atoms with E-state index in [0.29, 0.717) is 46.1 Å². The number of carbonyl (C=O) groups is 4. The van der Waals surface area contributed by atoms with Crippen LogP contribution in [0.2, 0.25) is 0 Å². The monoisotopic (exact) mass is 614 g/mol. The average Bonchev–Trinajstić information content (AvgIpc) is 3.08. The second-order valence-electron chi connectivity index (χ2n) is 13.4. The minimum Gasteiger partial charge on any atom is -0.274 e. The van der Waals surface area contributed by atoms with Crippen LogP contribution < -0.4 is 0 Å². The SMILES string of the molecule is CCCCC(CC)CN1C(=O)c2ccc3c4ccc5c6c(ccc(c7ccc(c2c37)C1=O)c64)C(=O)N(CC(CC)CCCC)C5=O. The molecule has 236 valence electrons. The number of hydrogen-bond donors (Lipinski definition) is 0. The van der Waals surface area contributed by atoms with Crippen molar-refractivity contribution in [2.45, 2.75) is 79.1 Å². The van der Waals surface area contributed by atoms with Crippen LogP contribution in [0, 0.1) is 11.8 Å². The summed E-state index contributed by atoms with van der Waals surface area (Å²) in [6.07, 6.45) is 8.16. The standard InChI is InChI=1S/C40H42N2O4/c1-5-9-11-23(7-3)21-41-37(43)29-17-13-25-27-15-19-31-36-32(40(46)42(39(31)45)22-24(8-4)12-10-6-2)20-16-28(34(27)36)26-14-18-30(38(41)44)35(29)33(25)26/h13-20,23-24H,5-12,21-22H2,1-4H3. The first-order valence-electron chi connectivity index (χ1n) is 17.3. The van der Waals surface area contributed by atoms with Crippen molar-refractivity contribution in [2.75, 3.05) is 13.1 Å². The highest BCUT2D eigenvalue weighted by molar-refractivity contribution is 6.41. The minimum atomic E-state index is -0.229. The van der Waals surface area contributed by atoms with Gasteiger partial charge in [-0.3, -0.25) is 29.0 Å². The van der Waals surface area contributed by atoms with E-state index in [9.17, 15) is 19.2 Å². The molecular formula is C40H42N2O4. The Hall–Kier alpha value is -4.32. The van der Waals surface area contributed by atoms with Crippen molar-refractivity contribution in [1.82, 2.24) is 9.80 Å². The van der Waals surface area contributed by atoms with E-state index >= 15 is 0 Å². The van der Waals surface area contributed by atoms with Crippen molar-refractivity contribution in [3.63, 3.8) is 0 Å². The summed E-state index contributed by atoms with van der Waals surface area (Å²) in [6, 6.07) is 15.4. The lowest BCUT2D eigenvalue weighted by molar-refractivity contribution is 0.0565. The van der Waals surface area contributed by atoms with E-state index in [1.54, 1.807) is 0 Å². The molecule has 2 heterocycles. The summed E-state index contributed by atoms with van der Waals surface area (Å²) in [5, 5.41) is 6.87. The zero-order valence-electron chi connectivity index (χ0n) is 27.4. The average molecular weight is 615 g/mol. The van der Waals surface area contributed by atoms with Gasteiger partial charge in [0.2, 0.25) is 0 Å². The topological polar surface area (TPSA) is 74.8 Å². The molecule has 46 heavy (non-hydrogen) atoms. The van der Waals surface area contributed by atoms with E-state index in [0.717, 1.165) is 83.7 Å². The van der Waals surface area contributed by atoms with Crippen LogP contribution in [0.3, 0.4) is 0 Å². The minimum absolute atomic E-state index is 0.229. The molecule has 0 saturated heterocycles. The molecule has 7 rings (SSSR count). The van der Waals surface area contributed by atoms with Crippen molar-refractivity contribution in [1.29, 1.82) is 0 Å². The molecule has 0 aromatic heterocycles. The molecule has 5 aromatic carbocycles. The summed E-state index contributed by atoms with van der Waals surface area (Å²) in [6.45, 7) is 9.44. The van der Waals surface area contributed by atoms with Crippen LogP contribution in [0.15, 0.2) is 48.5 Å². The number of fused-ring (bicyclic) bond motifs is 2. The Morgan fingerprint density at radius 3 is 1.02 bits per heavy atom. The predicted octanol–water partition coefficient (Wildman–Crippen LogP) is 9.36. The van der Waals surface area contributed by atoms with Crippen LogP contribution in [-0.4, -0.2) is 46.5 Å². The Morgan fingerprint density at radius 1 is 0.457 bits per heavy atom. The molecule has 0 bridgehead atoms. The molecule has 0 spiro atoms. The molecule has 0 saturated carbocycles. The summed E-state index contributed by atoms with van der Waals surface area (Å²) in [5.74, 6) is -0.361. The zero-order valence-corrected chi connectivity index (χ0v) is 27.4. The maximum atomic E-state index is 13.9. The van der Waals surface area contributed by atoms with Crippen LogP contribution in [-0.2, 0) is 0 Å². The summed E-state index contributed by atoms with van der Waals surface area (Å²) in [7, 11) is 0. The van der Waals surface area contributed by atoms with E-state index in [-0.39, 0.29) is 35.5 Å². The van der Waals surface area contributed by atoms with Gasteiger partial charge >= 0.3 is 0 Å². The number of rotatable bonds is 12. The van der Waals surface area contributed by atoms with Crippen LogP contribution in [0.1, 0.15) is 120 Å². The van der Waals surface area contributed by atoms with Gasteiger partial charge in [-0.2, -0.15) is 0 Å². The fourth-order valence-electron chi connectivity index (χ4n) is 8.05. The quantitative estimate of drug-likeness (QED) is 0.0797. The smallest absolute Gasteiger partial charge is 0.261 e. The van der Waals surface area contributed by atoms with E-state index < -0.39 is 0 Å². The van der Waals surface area contributed by atoms with Crippen molar-refractivity contribution in [3.8, 4) is 0 Å². The van der Waals surface area contributed by atoms with Gasteiger partial charge in [-0.1, -0.05) is 90.5 Å². The molecule has 0 N–H and O–H groups in total. The lowest BCUT2D eigenvalue weighted by Gasteiger charge is -2.32. The Labute approximate surface area is 270 Å². The van der Waals surface area contributed by atoms with Gasteiger partial charge in [-0.05, 0) is 81.3 Å². The van der Waals surface area contributed by atoms with Gasteiger partial charge in [0.05, 0.1) is 0 Å². The second-order valence-corrected chi connectivity index (χ2v) is 13.4. The van der Waals surface area contributed by atoms with Crippen molar-refractivity contribution >= 4 is 66.7 Å². The molecule has 2 aliphatic rings.